The van der Waals surface area contributed by atoms with E-state index in [0.29, 0.717) is 43.9 Å². The molecule has 0 aliphatic carbocycles. The van der Waals surface area contributed by atoms with E-state index in [-0.39, 0.29) is 11.8 Å². The number of rotatable bonds is 4. The molecule has 1 aliphatic rings. The number of aromatic nitrogens is 2. The zero-order valence-electron chi connectivity index (χ0n) is 15.6. The first-order chi connectivity index (χ1) is 13.5. The Labute approximate surface area is 171 Å². The number of carbonyl (C=O) groups excluding carboxylic acids is 2. The number of halogens is 2. The summed E-state index contributed by atoms with van der Waals surface area (Å²) >= 11 is 3.29. The van der Waals surface area contributed by atoms with E-state index in [1.165, 1.54) is 16.8 Å². The van der Waals surface area contributed by atoms with Crippen LogP contribution >= 0.6 is 15.9 Å². The molecule has 1 aromatic heterocycles. The van der Waals surface area contributed by atoms with Crippen molar-refractivity contribution in [3.63, 3.8) is 0 Å². The highest BCUT2D eigenvalue weighted by atomic mass is 79.9. The van der Waals surface area contributed by atoms with Crippen LogP contribution < -0.4 is 0 Å². The molecule has 0 radical (unpaired) electrons. The maximum Gasteiger partial charge on any atom is 0.246 e. The van der Waals surface area contributed by atoms with E-state index in [1.54, 1.807) is 40.4 Å². The molecule has 6 nitrogen and oxygen atoms in total. The van der Waals surface area contributed by atoms with Crippen LogP contribution in [-0.4, -0.2) is 57.6 Å². The molecule has 3 rings (SSSR count). The summed E-state index contributed by atoms with van der Waals surface area (Å²) in [7, 11) is 0. The summed E-state index contributed by atoms with van der Waals surface area (Å²) in [5.74, 6) is -0.440. The van der Waals surface area contributed by atoms with Gasteiger partial charge in [0, 0.05) is 44.9 Å². The first kappa shape index (κ1) is 20.3. The van der Waals surface area contributed by atoms with Crippen molar-refractivity contribution in [1.82, 2.24) is 19.6 Å². The van der Waals surface area contributed by atoms with Gasteiger partial charge in [-0.1, -0.05) is 13.0 Å². The summed E-state index contributed by atoms with van der Waals surface area (Å²) in [5.41, 5.74) is 0.931. The van der Waals surface area contributed by atoms with Gasteiger partial charge in [-0.15, -0.1) is 0 Å². The third-order valence-electron chi connectivity index (χ3n) is 4.65. The molecule has 0 atom stereocenters. The monoisotopic (exact) mass is 448 g/mol. The van der Waals surface area contributed by atoms with Gasteiger partial charge in [-0.05, 0) is 46.1 Å². The fourth-order valence-corrected chi connectivity index (χ4v) is 3.41. The first-order valence-electron chi connectivity index (χ1n) is 9.23. The van der Waals surface area contributed by atoms with Crippen LogP contribution in [-0.2, 0) is 9.59 Å². The van der Waals surface area contributed by atoms with E-state index in [4.69, 9.17) is 0 Å². The van der Waals surface area contributed by atoms with Crippen molar-refractivity contribution in [3.05, 3.63) is 52.5 Å². The highest BCUT2D eigenvalue weighted by Crippen LogP contribution is 2.18. The molecule has 1 aromatic carbocycles. The molecule has 28 heavy (non-hydrogen) atoms. The molecule has 2 heterocycles. The molecule has 2 amide bonds. The second kappa shape index (κ2) is 9.14. The van der Waals surface area contributed by atoms with Gasteiger partial charge in [0.05, 0.1) is 10.7 Å². The van der Waals surface area contributed by atoms with Gasteiger partial charge in [0.25, 0.3) is 0 Å². The van der Waals surface area contributed by atoms with E-state index in [2.05, 4.69) is 21.0 Å². The molecular formula is C20H22BrFN4O2. The summed E-state index contributed by atoms with van der Waals surface area (Å²) in [4.78, 5) is 27.8. The molecule has 0 spiro atoms. The topological polar surface area (TPSA) is 58.4 Å². The molecule has 148 valence electrons. The molecule has 2 aromatic rings. The smallest absolute Gasteiger partial charge is 0.246 e. The Morgan fingerprint density at radius 3 is 2.64 bits per heavy atom. The van der Waals surface area contributed by atoms with Crippen molar-refractivity contribution in [1.29, 1.82) is 0 Å². The van der Waals surface area contributed by atoms with Gasteiger partial charge in [-0.3, -0.25) is 9.59 Å². The molecular weight excluding hydrogens is 427 g/mol. The number of carbonyl (C=O) groups is 2. The van der Waals surface area contributed by atoms with Crippen LogP contribution in [0, 0.1) is 5.82 Å². The molecule has 1 fully saturated rings. The van der Waals surface area contributed by atoms with Crippen molar-refractivity contribution < 1.29 is 14.0 Å². The minimum absolute atomic E-state index is 0.115. The van der Waals surface area contributed by atoms with Gasteiger partial charge in [0.2, 0.25) is 11.8 Å². The molecule has 0 N–H and O–H groups in total. The third kappa shape index (κ3) is 4.86. The maximum absolute atomic E-state index is 14.4. The van der Waals surface area contributed by atoms with Crippen LogP contribution in [0.25, 0.3) is 11.8 Å². The van der Waals surface area contributed by atoms with E-state index in [9.17, 15) is 14.0 Å². The van der Waals surface area contributed by atoms with Crippen LogP contribution in [0.1, 0.15) is 25.3 Å². The number of hydrogen-bond acceptors (Lipinski definition) is 3. The van der Waals surface area contributed by atoms with Crippen molar-refractivity contribution in [2.45, 2.75) is 19.8 Å². The number of amides is 2. The first-order valence-corrected chi connectivity index (χ1v) is 10.0. The second-order valence-electron chi connectivity index (χ2n) is 6.56. The van der Waals surface area contributed by atoms with E-state index in [0.717, 1.165) is 10.9 Å². The van der Waals surface area contributed by atoms with Crippen molar-refractivity contribution in [3.8, 4) is 5.69 Å². The lowest BCUT2D eigenvalue weighted by atomic mass is 10.2. The van der Waals surface area contributed by atoms with Crippen LogP contribution in [0.2, 0.25) is 0 Å². The normalized spacial score (nSPS) is 15.1. The van der Waals surface area contributed by atoms with Gasteiger partial charge < -0.3 is 9.80 Å². The van der Waals surface area contributed by atoms with Gasteiger partial charge >= 0.3 is 0 Å². The van der Waals surface area contributed by atoms with Gasteiger partial charge in [-0.2, -0.15) is 5.10 Å². The Bertz CT molecular complexity index is 896. The van der Waals surface area contributed by atoms with E-state index < -0.39 is 5.82 Å². The minimum Gasteiger partial charge on any atom is -0.341 e. The van der Waals surface area contributed by atoms with Crippen LogP contribution in [0.5, 0.6) is 0 Å². The summed E-state index contributed by atoms with van der Waals surface area (Å²) < 4.78 is 16.6. The lowest BCUT2D eigenvalue weighted by Gasteiger charge is -2.21. The van der Waals surface area contributed by atoms with E-state index >= 15 is 0 Å². The predicted molar refractivity (Wildman–Crippen MR) is 108 cm³/mol. The van der Waals surface area contributed by atoms with Gasteiger partial charge in [0.1, 0.15) is 11.5 Å². The summed E-state index contributed by atoms with van der Waals surface area (Å²) in [6, 6.07) is 4.74. The molecule has 8 heteroatoms. The fourth-order valence-electron chi connectivity index (χ4n) is 3.13. The molecule has 0 saturated carbocycles. The van der Waals surface area contributed by atoms with Crippen molar-refractivity contribution in [2.75, 3.05) is 26.2 Å². The zero-order chi connectivity index (χ0) is 20.1. The highest BCUT2D eigenvalue weighted by Gasteiger charge is 2.19. The summed E-state index contributed by atoms with van der Waals surface area (Å²) in [6.07, 6.45) is 7.55. The Balaban J connectivity index is 1.64. The average molecular weight is 449 g/mol. The Hall–Kier alpha value is -2.48. The van der Waals surface area contributed by atoms with Crippen LogP contribution in [0.3, 0.4) is 0 Å². The predicted octanol–water partition coefficient (Wildman–Crippen LogP) is 3.26. The summed E-state index contributed by atoms with van der Waals surface area (Å²) in [5, 5.41) is 4.07. The Morgan fingerprint density at radius 2 is 1.96 bits per heavy atom. The second-order valence-corrected chi connectivity index (χ2v) is 7.48. The maximum atomic E-state index is 14.4. The van der Waals surface area contributed by atoms with Gasteiger partial charge in [-0.25, -0.2) is 9.07 Å². The Morgan fingerprint density at radius 1 is 1.21 bits per heavy atom. The fraction of sp³-hybridized carbons (Fsp3) is 0.350. The van der Waals surface area contributed by atoms with Crippen LogP contribution in [0.15, 0.2) is 41.1 Å². The van der Waals surface area contributed by atoms with E-state index in [1.807, 2.05) is 6.92 Å². The lowest BCUT2D eigenvalue weighted by Crippen LogP contribution is -2.36. The quantitative estimate of drug-likeness (QED) is 0.674. The third-order valence-corrected chi connectivity index (χ3v) is 5.06. The Kier molecular flexibility index (Phi) is 6.61. The average Bonchev–Trinajstić information content (AvgIpc) is 2.97. The molecule has 1 aliphatic heterocycles. The number of nitrogens with zero attached hydrogens (tertiary/aromatic N) is 4. The van der Waals surface area contributed by atoms with Gasteiger partial charge in [0.15, 0.2) is 0 Å². The lowest BCUT2D eigenvalue weighted by molar-refractivity contribution is -0.131. The zero-order valence-corrected chi connectivity index (χ0v) is 17.2. The molecule has 1 saturated heterocycles. The van der Waals surface area contributed by atoms with Crippen molar-refractivity contribution >= 4 is 33.8 Å². The molecule has 0 bridgehead atoms. The van der Waals surface area contributed by atoms with Crippen LogP contribution in [0.4, 0.5) is 4.39 Å². The van der Waals surface area contributed by atoms with Crippen molar-refractivity contribution in [2.24, 2.45) is 0 Å². The SMILES string of the molecule is CCC(=O)N1CCCN(C(=O)/C=C/c2ccc(-n3cc(Br)cn3)c(F)c2)CC1. The highest BCUT2D eigenvalue weighted by molar-refractivity contribution is 9.10. The number of hydrogen-bond donors (Lipinski definition) is 0. The summed E-state index contributed by atoms with van der Waals surface area (Å²) in [6.45, 7) is 4.19. The number of benzene rings is 1. The molecule has 0 unspecified atom stereocenters. The largest absolute Gasteiger partial charge is 0.341 e. The standard InChI is InChI=1S/C20H22BrFN4O2/c1-2-19(27)24-8-3-9-25(11-10-24)20(28)7-5-15-4-6-18(17(22)12-15)26-14-16(21)13-23-26/h4-7,12-14H,2-3,8-11H2,1H3/b7-5+. The minimum atomic E-state index is -0.423.